The fraction of sp³-hybridized carbons (Fsp3) is 0.714. The highest BCUT2D eigenvalue weighted by Gasteiger charge is 2.34. The number of hydrogen-bond acceptors (Lipinski definition) is 5. The van der Waals surface area contributed by atoms with Gasteiger partial charge in [-0.2, -0.15) is 9.97 Å². The lowest BCUT2D eigenvalue weighted by molar-refractivity contribution is 0.339. The number of piperidine rings is 1. The number of hydrogen-bond donors (Lipinski definition) is 1. The maximum atomic E-state index is 5.50. The van der Waals surface area contributed by atoms with Gasteiger partial charge in [-0.3, -0.25) is 0 Å². The Labute approximate surface area is 113 Å². The molecule has 19 heavy (non-hydrogen) atoms. The average molecular weight is 263 g/mol. The maximum Gasteiger partial charge on any atom is 0.319 e. The Kier molecular flexibility index (Phi) is 3.55. The monoisotopic (exact) mass is 263 g/mol. The van der Waals surface area contributed by atoms with E-state index in [-0.39, 0.29) is 0 Å². The van der Waals surface area contributed by atoms with Gasteiger partial charge in [-0.1, -0.05) is 0 Å². The lowest BCUT2D eigenvalue weighted by Crippen LogP contribution is -2.29. The van der Waals surface area contributed by atoms with Gasteiger partial charge in [-0.25, -0.2) is 0 Å². The van der Waals surface area contributed by atoms with Crippen LogP contribution in [0.2, 0.25) is 0 Å². The van der Waals surface area contributed by atoms with Crippen molar-refractivity contribution in [1.82, 2.24) is 15.3 Å². The van der Waals surface area contributed by atoms with Gasteiger partial charge in [0.05, 0.1) is 19.9 Å². The van der Waals surface area contributed by atoms with Gasteiger partial charge in [0.25, 0.3) is 0 Å². The molecule has 0 radical (unpaired) electrons. The third-order valence-electron chi connectivity index (χ3n) is 3.96. The van der Waals surface area contributed by atoms with Crippen molar-refractivity contribution in [1.29, 1.82) is 0 Å². The molecule has 0 aromatic carbocycles. The lowest BCUT2D eigenvalue weighted by atomic mass is 9.90. The first-order chi connectivity index (χ1) is 9.33. The van der Waals surface area contributed by atoms with E-state index in [2.05, 4.69) is 15.3 Å². The topological polar surface area (TPSA) is 56.3 Å². The van der Waals surface area contributed by atoms with Crippen molar-refractivity contribution < 1.29 is 9.47 Å². The summed E-state index contributed by atoms with van der Waals surface area (Å²) in [5, 5.41) is 3.46. The van der Waals surface area contributed by atoms with Crippen LogP contribution in [0.25, 0.3) is 0 Å². The fourth-order valence-electron chi connectivity index (χ4n) is 2.84. The van der Waals surface area contributed by atoms with E-state index in [1.54, 1.807) is 14.2 Å². The van der Waals surface area contributed by atoms with Crippen molar-refractivity contribution in [3.8, 4) is 11.9 Å². The molecule has 0 spiro atoms. The van der Waals surface area contributed by atoms with Gasteiger partial charge in [0.2, 0.25) is 5.88 Å². The number of nitrogens with one attached hydrogen (secondary N) is 1. The van der Waals surface area contributed by atoms with Crippen molar-refractivity contribution in [2.75, 3.05) is 27.3 Å². The Morgan fingerprint density at radius 1 is 1.05 bits per heavy atom. The minimum absolute atomic E-state index is 0.422. The largest absolute Gasteiger partial charge is 0.481 e. The van der Waals surface area contributed by atoms with Gasteiger partial charge < -0.3 is 14.8 Å². The summed E-state index contributed by atoms with van der Waals surface area (Å²) in [5.41, 5.74) is 2.36. The smallest absolute Gasteiger partial charge is 0.319 e. The molecule has 1 saturated heterocycles. The second-order valence-electron chi connectivity index (χ2n) is 5.34. The van der Waals surface area contributed by atoms with E-state index in [1.165, 1.54) is 31.2 Å². The zero-order chi connectivity index (χ0) is 13.2. The van der Waals surface area contributed by atoms with Crippen LogP contribution >= 0.6 is 0 Å². The first-order valence-electron chi connectivity index (χ1n) is 7.04. The summed E-state index contributed by atoms with van der Waals surface area (Å²) < 4.78 is 10.7. The molecule has 5 nitrogen and oxygen atoms in total. The quantitative estimate of drug-likeness (QED) is 0.898. The molecular weight excluding hydrogens is 242 g/mol. The number of methoxy groups -OCH3 is 2. The molecule has 5 heteroatoms. The van der Waals surface area contributed by atoms with Crippen LogP contribution in [0.5, 0.6) is 11.9 Å². The molecule has 104 valence electrons. The molecule has 1 N–H and O–H groups in total. The lowest BCUT2D eigenvalue weighted by Gasteiger charge is -2.26. The van der Waals surface area contributed by atoms with Crippen molar-refractivity contribution in [3.05, 3.63) is 11.3 Å². The van der Waals surface area contributed by atoms with Crippen molar-refractivity contribution >= 4 is 0 Å². The Balaban J connectivity index is 2.03. The fourth-order valence-corrected chi connectivity index (χ4v) is 2.84. The molecule has 2 heterocycles. The predicted octanol–water partition coefficient (Wildman–Crippen LogP) is 1.84. The third kappa shape index (κ3) is 2.52. The highest BCUT2D eigenvalue weighted by Crippen LogP contribution is 2.46. The standard InChI is InChI=1S/C14H21N3O2/c1-18-13-11(10-4-3-7-15-8-10)12(9-5-6-9)16-14(17-13)19-2/h9-10,15H,3-8H2,1-2H3. The number of rotatable bonds is 4. The summed E-state index contributed by atoms with van der Waals surface area (Å²) in [6.45, 7) is 2.10. The summed E-state index contributed by atoms with van der Waals surface area (Å²) in [6, 6.07) is 0.422. The zero-order valence-electron chi connectivity index (χ0n) is 11.6. The Morgan fingerprint density at radius 2 is 1.89 bits per heavy atom. The van der Waals surface area contributed by atoms with Gasteiger partial charge in [-0.05, 0) is 32.2 Å². The van der Waals surface area contributed by atoms with Crippen LogP contribution in [-0.2, 0) is 0 Å². The molecule has 1 unspecified atom stereocenters. The van der Waals surface area contributed by atoms with E-state index in [4.69, 9.17) is 9.47 Å². The van der Waals surface area contributed by atoms with Crippen LogP contribution in [0.15, 0.2) is 0 Å². The normalized spacial score (nSPS) is 23.2. The van der Waals surface area contributed by atoms with E-state index in [9.17, 15) is 0 Å². The second kappa shape index (κ2) is 5.33. The minimum atomic E-state index is 0.422. The van der Waals surface area contributed by atoms with Crippen LogP contribution in [0.3, 0.4) is 0 Å². The number of aromatic nitrogens is 2. The average Bonchev–Trinajstić information content (AvgIpc) is 3.31. The SMILES string of the molecule is COc1nc(OC)c(C2CCCNC2)c(C2CC2)n1. The van der Waals surface area contributed by atoms with Crippen LogP contribution in [0, 0.1) is 0 Å². The van der Waals surface area contributed by atoms with Crippen LogP contribution in [0.1, 0.15) is 48.8 Å². The van der Waals surface area contributed by atoms with Crippen LogP contribution in [-0.4, -0.2) is 37.3 Å². The minimum Gasteiger partial charge on any atom is -0.481 e. The van der Waals surface area contributed by atoms with Gasteiger partial charge in [0, 0.05) is 23.9 Å². The second-order valence-corrected chi connectivity index (χ2v) is 5.34. The Bertz CT molecular complexity index is 454. The molecule has 0 bridgehead atoms. The molecule has 1 aliphatic carbocycles. The van der Waals surface area contributed by atoms with E-state index in [0.717, 1.165) is 18.8 Å². The van der Waals surface area contributed by atoms with Gasteiger partial charge in [0.15, 0.2) is 0 Å². The predicted molar refractivity (Wildman–Crippen MR) is 72.0 cm³/mol. The molecule has 3 rings (SSSR count). The Morgan fingerprint density at radius 3 is 2.47 bits per heavy atom. The summed E-state index contributed by atoms with van der Waals surface area (Å²) in [7, 11) is 3.28. The first-order valence-corrected chi connectivity index (χ1v) is 7.04. The van der Waals surface area contributed by atoms with Crippen LogP contribution in [0.4, 0.5) is 0 Å². The molecular formula is C14H21N3O2. The summed E-state index contributed by atoms with van der Waals surface area (Å²) in [6.07, 6.45) is 4.82. The summed E-state index contributed by atoms with van der Waals surface area (Å²) in [4.78, 5) is 8.97. The van der Waals surface area contributed by atoms with Crippen molar-refractivity contribution in [2.24, 2.45) is 0 Å². The van der Waals surface area contributed by atoms with Crippen molar-refractivity contribution in [2.45, 2.75) is 37.5 Å². The molecule has 1 aliphatic heterocycles. The van der Waals surface area contributed by atoms with E-state index < -0.39 is 0 Å². The summed E-state index contributed by atoms with van der Waals surface area (Å²) in [5.74, 6) is 1.73. The molecule has 2 aliphatic rings. The molecule has 1 saturated carbocycles. The van der Waals surface area contributed by atoms with Crippen LogP contribution < -0.4 is 14.8 Å². The zero-order valence-corrected chi connectivity index (χ0v) is 11.6. The maximum absolute atomic E-state index is 5.50. The van der Waals surface area contributed by atoms with E-state index in [0.29, 0.717) is 23.7 Å². The van der Waals surface area contributed by atoms with Gasteiger partial charge >= 0.3 is 6.01 Å². The van der Waals surface area contributed by atoms with Gasteiger partial charge in [0.1, 0.15) is 0 Å². The van der Waals surface area contributed by atoms with E-state index in [1.807, 2.05) is 0 Å². The molecule has 2 fully saturated rings. The first kappa shape index (κ1) is 12.7. The number of nitrogens with zero attached hydrogens (tertiary/aromatic N) is 2. The van der Waals surface area contributed by atoms with Gasteiger partial charge in [-0.15, -0.1) is 0 Å². The van der Waals surface area contributed by atoms with Crippen molar-refractivity contribution in [3.63, 3.8) is 0 Å². The number of ether oxygens (including phenoxy) is 2. The summed E-state index contributed by atoms with van der Waals surface area (Å²) >= 11 is 0. The molecule has 1 aromatic heterocycles. The third-order valence-corrected chi connectivity index (χ3v) is 3.96. The highest BCUT2D eigenvalue weighted by atomic mass is 16.5. The highest BCUT2D eigenvalue weighted by molar-refractivity contribution is 5.40. The molecule has 1 aromatic rings. The molecule has 1 atom stereocenters. The van der Waals surface area contributed by atoms with E-state index >= 15 is 0 Å². The molecule has 0 amide bonds. The Hall–Kier alpha value is -1.36.